The predicted molar refractivity (Wildman–Crippen MR) is 144 cm³/mol. The highest BCUT2D eigenvalue weighted by atomic mass is 35.5. The lowest BCUT2D eigenvalue weighted by atomic mass is 10.1. The van der Waals surface area contributed by atoms with Gasteiger partial charge in [0.2, 0.25) is 0 Å². The summed E-state index contributed by atoms with van der Waals surface area (Å²) in [6.45, 7) is 2.04. The second-order valence-corrected chi connectivity index (χ2v) is 9.70. The highest BCUT2D eigenvalue weighted by Crippen LogP contribution is 2.33. The molecule has 3 amide bonds. The molecule has 0 unspecified atom stereocenters. The highest BCUT2D eigenvalue weighted by Gasteiger charge is 2.34. The molecular weight excluding hydrogens is 545 g/mol. The summed E-state index contributed by atoms with van der Waals surface area (Å²) in [4.78, 5) is 37.3. The van der Waals surface area contributed by atoms with Gasteiger partial charge in [0.05, 0.1) is 27.1 Å². The van der Waals surface area contributed by atoms with Crippen LogP contribution in [0.4, 0.5) is 10.5 Å². The Morgan fingerprint density at radius 3 is 2.56 bits per heavy atom. The number of benzene rings is 2. The van der Waals surface area contributed by atoms with Crippen molar-refractivity contribution in [2.75, 3.05) is 11.9 Å². The molecule has 1 aliphatic rings. The number of nitrogens with zero attached hydrogens (tertiary/aromatic N) is 1. The number of halogens is 2. The third-order valence-corrected chi connectivity index (χ3v) is 6.81. The Morgan fingerprint density at radius 1 is 1.11 bits per heavy atom. The van der Waals surface area contributed by atoms with Gasteiger partial charge in [-0.1, -0.05) is 47.1 Å². The Morgan fingerprint density at radius 2 is 1.86 bits per heavy atom. The van der Waals surface area contributed by atoms with Gasteiger partial charge < -0.3 is 14.5 Å². The van der Waals surface area contributed by atoms with Gasteiger partial charge in [-0.2, -0.15) is 5.01 Å². The third kappa shape index (κ3) is 5.90. The van der Waals surface area contributed by atoms with Gasteiger partial charge in [-0.15, -0.1) is 0 Å². The van der Waals surface area contributed by atoms with Gasteiger partial charge in [0.15, 0.2) is 4.32 Å². The van der Waals surface area contributed by atoms with Crippen LogP contribution in [-0.2, 0) is 9.53 Å². The highest BCUT2D eigenvalue weighted by molar-refractivity contribution is 8.26. The molecule has 1 fully saturated rings. The molecule has 0 radical (unpaired) electrons. The van der Waals surface area contributed by atoms with Crippen molar-refractivity contribution in [3.05, 3.63) is 80.9 Å². The number of hydrogen-bond donors (Lipinski definition) is 2. The average Bonchev–Trinajstić information content (AvgIpc) is 3.42. The van der Waals surface area contributed by atoms with Crippen LogP contribution in [0.15, 0.2) is 63.9 Å². The molecule has 36 heavy (non-hydrogen) atoms. The van der Waals surface area contributed by atoms with E-state index in [4.69, 9.17) is 44.6 Å². The van der Waals surface area contributed by atoms with Crippen molar-refractivity contribution in [3.63, 3.8) is 0 Å². The molecule has 0 aliphatic carbocycles. The minimum absolute atomic E-state index is 0.150. The van der Waals surface area contributed by atoms with Crippen molar-refractivity contribution >= 4 is 81.2 Å². The van der Waals surface area contributed by atoms with E-state index >= 15 is 0 Å². The number of ether oxygens (including phenoxy) is 1. The van der Waals surface area contributed by atoms with Crippen molar-refractivity contribution in [2.45, 2.75) is 6.92 Å². The van der Waals surface area contributed by atoms with Crippen LogP contribution in [0, 0.1) is 0 Å². The minimum atomic E-state index is -0.683. The molecule has 1 aliphatic heterocycles. The van der Waals surface area contributed by atoms with Gasteiger partial charge in [0, 0.05) is 17.3 Å². The molecule has 12 heteroatoms. The van der Waals surface area contributed by atoms with Gasteiger partial charge in [0.25, 0.3) is 5.91 Å². The summed E-state index contributed by atoms with van der Waals surface area (Å²) in [7, 11) is 0. The standard InChI is InChI=1S/C24H17Cl2N3O5S2/c1-2-33-22(31)14-5-3-13(4-6-14)19-10-8-16(34-19)12-20-21(30)29(24(35)36-20)28-23(32)27-15-7-9-17(25)18(26)11-15/h3-12H,2H2,1H3,(H2,27,28,32)/b20-12+. The monoisotopic (exact) mass is 561 g/mol. The molecule has 184 valence electrons. The van der Waals surface area contributed by atoms with Gasteiger partial charge in [0.1, 0.15) is 11.5 Å². The molecule has 0 spiro atoms. The fourth-order valence-corrected chi connectivity index (χ4v) is 4.56. The molecular formula is C24H17Cl2N3O5S2. The smallest absolute Gasteiger partial charge is 0.338 e. The van der Waals surface area contributed by atoms with E-state index in [1.165, 1.54) is 18.2 Å². The molecule has 2 N–H and O–H groups in total. The van der Waals surface area contributed by atoms with Crippen molar-refractivity contribution in [2.24, 2.45) is 0 Å². The van der Waals surface area contributed by atoms with E-state index in [0.29, 0.717) is 34.4 Å². The number of hydrazine groups is 1. The summed E-state index contributed by atoms with van der Waals surface area (Å²) in [6.07, 6.45) is 1.54. The lowest BCUT2D eigenvalue weighted by Crippen LogP contribution is -2.46. The van der Waals surface area contributed by atoms with Crippen molar-refractivity contribution in [1.29, 1.82) is 0 Å². The number of anilines is 1. The fourth-order valence-electron chi connectivity index (χ4n) is 3.10. The normalized spacial score (nSPS) is 14.3. The number of furan rings is 1. The molecule has 1 aromatic heterocycles. The Balaban J connectivity index is 1.42. The van der Waals surface area contributed by atoms with Crippen LogP contribution in [0.5, 0.6) is 0 Å². The second-order valence-electron chi connectivity index (χ2n) is 7.21. The number of thioether (sulfide) groups is 1. The predicted octanol–water partition coefficient (Wildman–Crippen LogP) is 6.37. The van der Waals surface area contributed by atoms with Crippen LogP contribution in [0.1, 0.15) is 23.0 Å². The van der Waals surface area contributed by atoms with E-state index < -0.39 is 17.9 Å². The first kappa shape index (κ1) is 25.8. The zero-order valence-electron chi connectivity index (χ0n) is 18.5. The topological polar surface area (TPSA) is 101 Å². The number of thiocarbonyl (C=S) groups is 1. The van der Waals surface area contributed by atoms with Gasteiger partial charge >= 0.3 is 12.0 Å². The Kier molecular flexibility index (Phi) is 8.00. The molecule has 0 atom stereocenters. The largest absolute Gasteiger partial charge is 0.462 e. The van der Waals surface area contributed by atoms with E-state index in [1.54, 1.807) is 49.4 Å². The maximum absolute atomic E-state index is 12.8. The van der Waals surface area contributed by atoms with Crippen LogP contribution >= 0.6 is 47.2 Å². The minimum Gasteiger partial charge on any atom is -0.462 e. The van der Waals surface area contributed by atoms with E-state index in [9.17, 15) is 14.4 Å². The van der Waals surface area contributed by atoms with Crippen molar-refractivity contribution in [3.8, 4) is 11.3 Å². The lowest BCUT2D eigenvalue weighted by molar-refractivity contribution is -0.123. The molecule has 4 rings (SSSR count). The summed E-state index contributed by atoms with van der Waals surface area (Å²) >= 11 is 18.1. The zero-order chi connectivity index (χ0) is 25.8. The van der Waals surface area contributed by atoms with Crippen LogP contribution in [0.25, 0.3) is 17.4 Å². The van der Waals surface area contributed by atoms with E-state index in [0.717, 1.165) is 22.3 Å². The number of nitrogens with one attached hydrogen (secondary N) is 2. The first-order valence-electron chi connectivity index (χ1n) is 10.4. The van der Waals surface area contributed by atoms with Crippen LogP contribution < -0.4 is 10.7 Å². The number of rotatable bonds is 6. The third-order valence-electron chi connectivity index (χ3n) is 4.77. The van der Waals surface area contributed by atoms with Gasteiger partial charge in [-0.05, 0) is 61.6 Å². The van der Waals surface area contributed by atoms with Crippen LogP contribution in [0.3, 0.4) is 0 Å². The first-order chi connectivity index (χ1) is 17.2. The van der Waals surface area contributed by atoms with Crippen molar-refractivity contribution < 1.29 is 23.5 Å². The molecule has 1 saturated heterocycles. The van der Waals surface area contributed by atoms with Crippen LogP contribution in [-0.4, -0.2) is 33.8 Å². The fraction of sp³-hybridized carbons (Fsp3) is 0.0833. The van der Waals surface area contributed by atoms with E-state index in [1.807, 2.05) is 0 Å². The second kappa shape index (κ2) is 11.2. The summed E-state index contributed by atoms with van der Waals surface area (Å²) in [5.74, 6) is 0.0583. The Labute approximate surface area is 225 Å². The molecule has 2 aromatic carbocycles. The molecule has 0 bridgehead atoms. The van der Waals surface area contributed by atoms with Gasteiger partial charge in [-0.25, -0.2) is 15.0 Å². The maximum atomic E-state index is 12.8. The summed E-state index contributed by atoms with van der Waals surface area (Å²) in [6, 6.07) is 14.1. The molecule has 0 saturated carbocycles. The number of carbonyl (C=O) groups excluding carboxylic acids is 3. The number of esters is 1. The first-order valence-corrected chi connectivity index (χ1v) is 12.4. The quantitative estimate of drug-likeness (QED) is 0.205. The Hall–Kier alpha value is -3.31. The molecule has 8 nitrogen and oxygen atoms in total. The maximum Gasteiger partial charge on any atom is 0.338 e. The number of hydrogen-bond acceptors (Lipinski definition) is 7. The van der Waals surface area contributed by atoms with E-state index in [2.05, 4.69) is 10.7 Å². The summed E-state index contributed by atoms with van der Waals surface area (Å²) in [5.41, 5.74) is 3.99. The average molecular weight is 562 g/mol. The Bertz CT molecular complexity index is 1390. The number of urea groups is 1. The number of carbonyl (C=O) groups is 3. The zero-order valence-corrected chi connectivity index (χ0v) is 21.7. The van der Waals surface area contributed by atoms with E-state index in [-0.39, 0.29) is 14.2 Å². The van der Waals surface area contributed by atoms with Crippen LogP contribution in [0.2, 0.25) is 10.0 Å². The van der Waals surface area contributed by atoms with Crippen molar-refractivity contribution in [1.82, 2.24) is 10.4 Å². The number of amides is 3. The molecule has 2 heterocycles. The SMILES string of the molecule is CCOC(=O)c1ccc(-c2ccc(/C=C3/SC(=S)N(NC(=O)Nc4ccc(Cl)c(Cl)c4)C3=O)o2)cc1. The summed E-state index contributed by atoms with van der Waals surface area (Å²) in [5, 5.41) is 4.15. The molecule has 3 aromatic rings. The summed E-state index contributed by atoms with van der Waals surface area (Å²) < 4.78 is 11.0. The van der Waals surface area contributed by atoms with Gasteiger partial charge in [-0.3, -0.25) is 4.79 Å². The lowest BCUT2D eigenvalue weighted by Gasteiger charge is -2.16.